The van der Waals surface area contributed by atoms with E-state index >= 15 is 0 Å². The number of aromatic nitrogens is 1. The number of hydrogen-bond donors (Lipinski definition) is 1. The van der Waals surface area contributed by atoms with Gasteiger partial charge in [0.05, 0.1) is 0 Å². The molecule has 0 fully saturated rings. The normalized spacial score (nSPS) is 11.7. The van der Waals surface area contributed by atoms with E-state index in [1.165, 1.54) is 6.20 Å². The summed E-state index contributed by atoms with van der Waals surface area (Å²) >= 11 is 0. The molecule has 1 N–H and O–H groups in total. The van der Waals surface area contributed by atoms with Crippen LogP contribution < -0.4 is 5.32 Å². The summed E-state index contributed by atoms with van der Waals surface area (Å²) in [6.45, 7) is 0. The average molecular weight is 164 g/mol. The molecule has 0 saturated heterocycles. The zero-order chi connectivity index (χ0) is 8.81. The van der Waals surface area contributed by atoms with E-state index in [0.717, 1.165) is 0 Å². The quantitative estimate of drug-likeness (QED) is 0.640. The highest BCUT2D eigenvalue weighted by atomic mass is 16.1. The fourth-order valence-electron chi connectivity index (χ4n) is 0.847. The molecule has 0 spiro atoms. The zero-order valence-electron chi connectivity index (χ0n) is 6.31. The molecule has 0 radical (unpaired) electrons. The highest BCUT2D eigenvalue weighted by Crippen LogP contribution is 2.06. The Morgan fingerprint density at radius 1 is 1.50 bits per heavy atom. The topological polar surface area (TPSA) is 59.1 Å². The molecule has 0 aliphatic carbocycles. The lowest BCUT2D eigenvalue weighted by Gasteiger charge is -2.06. The highest BCUT2D eigenvalue weighted by Gasteiger charge is 2.06. The predicted octanol–water partition coefficient (Wildman–Crippen LogP) is 0.0676. The molecule has 12 heavy (non-hydrogen) atoms. The highest BCUT2D eigenvalue weighted by molar-refractivity contribution is 5.66. The van der Waals surface area contributed by atoms with E-state index in [2.05, 4.69) is 10.3 Å². The van der Waals surface area contributed by atoms with Crippen LogP contribution in [0.1, 0.15) is 11.6 Å². The van der Waals surface area contributed by atoms with Crippen LogP contribution in [0.15, 0.2) is 24.5 Å². The molecule has 0 saturated carbocycles. The van der Waals surface area contributed by atoms with Gasteiger partial charge in [0, 0.05) is 12.4 Å². The van der Waals surface area contributed by atoms with Crippen molar-refractivity contribution in [3.63, 3.8) is 0 Å². The fraction of sp³-hybridized carbons (Fsp3) is 0.125. The van der Waals surface area contributed by atoms with E-state index in [-0.39, 0.29) is 0 Å². The van der Waals surface area contributed by atoms with Crippen molar-refractivity contribution in [3.05, 3.63) is 30.1 Å². The maximum Gasteiger partial charge on any atom is 0.207 e. The number of aldehydes is 1. The first kappa shape index (κ1) is 8.39. The fourth-order valence-corrected chi connectivity index (χ4v) is 0.847. The van der Waals surface area contributed by atoms with Gasteiger partial charge in [-0.2, -0.15) is 0 Å². The Kier molecular flexibility index (Phi) is 2.95. The van der Waals surface area contributed by atoms with Gasteiger partial charge in [0.15, 0.2) is 0 Å². The number of nitrogens with zero attached hydrogens (tertiary/aromatic N) is 1. The van der Waals surface area contributed by atoms with Crippen LogP contribution in [-0.2, 0) is 9.59 Å². The maximum absolute atomic E-state index is 10.4. The van der Waals surface area contributed by atoms with Crippen LogP contribution in [0, 0.1) is 0 Å². The van der Waals surface area contributed by atoms with Gasteiger partial charge in [0.2, 0.25) is 6.41 Å². The minimum atomic E-state index is -0.587. The smallest absolute Gasteiger partial charge is 0.207 e. The molecule has 0 aliphatic heterocycles. The van der Waals surface area contributed by atoms with Crippen LogP contribution in [0.3, 0.4) is 0 Å². The maximum atomic E-state index is 10.4. The third-order valence-electron chi connectivity index (χ3n) is 1.43. The van der Waals surface area contributed by atoms with Gasteiger partial charge in [0.25, 0.3) is 0 Å². The summed E-state index contributed by atoms with van der Waals surface area (Å²) in [7, 11) is 0. The first-order chi connectivity index (χ1) is 5.88. The zero-order valence-corrected chi connectivity index (χ0v) is 6.31. The number of nitrogens with one attached hydrogen (secondary N) is 1. The standard InChI is InChI=1S/C8H8N2O2/c11-5-8(10-6-12)7-2-1-3-9-4-7/h1-6,8H,(H,10,12). The second-order valence-electron chi connectivity index (χ2n) is 2.18. The molecule has 0 aromatic carbocycles. The lowest BCUT2D eigenvalue weighted by atomic mass is 10.1. The van der Waals surface area contributed by atoms with Crippen molar-refractivity contribution in [2.45, 2.75) is 6.04 Å². The van der Waals surface area contributed by atoms with Gasteiger partial charge in [0.1, 0.15) is 12.3 Å². The van der Waals surface area contributed by atoms with Gasteiger partial charge in [-0.1, -0.05) is 6.07 Å². The first-order valence-corrected chi connectivity index (χ1v) is 3.43. The molecule has 0 aliphatic rings. The number of rotatable bonds is 4. The van der Waals surface area contributed by atoms with Gasteiger partial charge < -0.3 is 10.1 Å². The summed E-state index contributed by atoms with van der Waals surface area (Å²) in [5.74, 6) is 0. The Morgan fingerprint density at radius 3 is 2.83 bits per heavy atom. The second-order valence-corrected chi connectivity index (χ2v) is 2.18. The van der Waals surface area contributed by atoms with Gasteiger partial charge in [-0.15, -0.1) is 0 Å². The lowest BCUT2D eigenvalue weighted by Crippen LogP contribution is -2.20. The van der Waals surface area contributed by atoms with Crippen LogP contribution in [-0.4, -0.2) is 17.7 Å². The number of carbonyl (C=O) groups excluding carboxylic acids is 2. The average Bonchev–Trinajstić information content (AvgIpc) is 2.15. The van der Waals surface area contributed by atoms with Crippen LogP contribution in [0.4, 0.5) is 0 Å². The summed E-state index contributed by atoms with van der Waals surface area (Å²) in [6, 6.07) is 2.84. The molecule has 0 bridgehead atoms. The van der Waals surface area contributed by atoms with E-state index in [1.807, 2.05) is 0 Å². The molecule has 1 aromatic heterocycles. The predicted molar refractivity (Wildman–Crippen MR) is 42.2 cm³/mol. The lowest BCUT2D eigenvalue weighted by molar-refractivity contribution is -0.115. The Labute approximate surface area is 69.6 Å². The van der Waals surface area contributed by atoms with Crippen LogP contribution in [0.5, 0.6) is 0 Å². The number of carbonyl (C=O) groups is 2. The van der Waals surface area contributed by atoms with Crippen molar-refractivity contribution >= 4 is 12.7 Å². The third-order valence-corrected chi connectivity index (χ3v) is 1.43. The Morgan fingerprint density at radius 2 is 2.33 bits per heavy atom. The first-order valence-electron chi connectivity index (χ1n) is 3.43. The largest absolute Gasteiger partial charge is 0.345 e. The molecule has 1 unspecified atom stereocenters. The summed E-state index contributed by atoms with van der Waals surface area (Å²) in [6.07, 6.45) is 4.29. The SMILES string of the molecule is O=CNC(C=O)c1cccnc1. The molecular formula is C8H8N2O2. The molecule has 1 rings (SSSR count). The van der Waals surface area contributed by atoms with Crippen molar-refractivity contribution in [3.8, 4) is 0 Å². The molecule has 62 valence electrons. The van der Waals surface area contributed by atoms with E-state index < -0.39 is 6.04 Å². The molecule has 1 heterocycles. The van der Waals surface area contributed by atoms with Crippen molar-refractivity contribution in [1.29, 1.82) is 0 Å². The van der Waals surface area contributed by atoms with Crippen LogP contribution in [0.25, 0.3) is 0 Å². The molecule has 4 nitrogen and oxygen atoms in total. The van der Waals surface area contributed by atoms with Crippen LogP contribution >= 0.6 is 0 Å². The molecule has 1 atom stereocenters. The van der Waals surface area contributed by atoms with Crippen LogP contribution in [0.2, 0.25) is 0 Å². The van der Waals surface area contributed by atoms with E-state index in [0.29, 0.717) is 18.3 Å². The summed E-state index contributed by atoms with van der Waals surface area (Å²) in [5, 5.41) is 2.36. The van der Waals surface area contributed by atoms with Gasteiger partial charge in [-0.05, 0) is 11.6 Å². The molecule has 1 amide bonds. The van der Waals surface area contributed by atoms with E-state index in [1.54, 1.807) is 18.3 Å². The van der Waals surface area contributed by atoms with E-state index in [4.69, 9.17) is 0 Å². The number of amides is 1. The minimum absolute atomic E-state index is 0.492. The molecular weight excluding hydrogens is 156 g/mol. The summed E-state index contributed by atoms with van der Waals surface area (Å²) in [4.78, 5) is 24.3. The van der Waals surface area contributed by atoms with Crippen molar-refractivity contribution in [2.24, 2.45) is 0 Å². The minimum Gasteiger partial charge on any atom is -0.345 e. The van der Waals surface area contributed by atoms with E-state index in [9.17, 15) is 9.59 Å². The van der Waals surface area contributed by atoms with Gasteiger partial charge in [-0.3, -0.25) is 9.78 Å². The number of pyridine rings is 1. The van der Waals surface area contributed by atoms with Crippen molar-refractivity contribution < 1.29 is 9.59 Å². The van der Waals surface area contributed by atoms with Crippen molar-refractivity contribution in [2.75, 3.05) is 0 Å². The molecule has 1 aromatic rings. The summed E-state index contributed by atoms with van der Waals surface area (Å²) < 4.78 is 0. The van der Waals surface area contributed by atoms with Crippen molar-refractivity contribution in [1.82, 2.24) is 10.3 Å². The number of hydrogen-bond acceptors (Lipinski definition) is 3. The Hall–Kier alpha value is -1.71. The third kappa shape index (κ3) is 1.88. The van der Waals surface area contributed by atoms with Gasteiger partial charge >= 0.3 is 0 Å². The summed E-state index contributed by atoms with van der Waals surface area (Å²) in [5.41, 5.74) is 0.680. The molecule has 4 heteroatoms. The van der Waals surface area contributed by atoms with Gasteiger partial charge in [-0.25, -0.2) is 0 Å². The Balaban J connectivity index is 2.79. The monoisotopic (exact) mass is 164 g/mol. The second kappa shape index (κ2) is 4.23. The Bertz CT molecular complexity index is 261.